The van der Waals surface area contributed by atoms with Crippen molar-refractivity contribution in [2.75, 3.05) is 20.2 Å². The number of benzene rings is 1. The summed E-state index contributed by atoms with van der Waals surface area (Å²) in [6, 6.07) is 7.12. The van der Waals surface area contributed by atoms with Crippen LogP contribution in [0.25, 0.3) is 0 Å². The highest BCUT2D eigenvalue weighted by atomic mass is 16.6. The van der Waals surface area contributed by atoms with Gasteiger partial charge in [-0.1, -0.05) is 19.9 Å². The first-order valence-corrected chi connectivity index (χ1v) is 6.88. The maximum atomic E-state index is 11.0. The topological polar surface area (TPSA) is 79.4 Å². The highest BCUT2D eigenvalue weighted by Gasteiger charge is 2.16. The van der Waals surface area contributed by atoms with Crippen molar-refractivity contribution < 1.29 is 9.66 Å². The largest absolute Gasteiger partial charge is 0.490 e. The number of ether oxygens (including phenoxy) is 1. The highest BCUT2D eigenvalue weighted by molar-refractivity contribution is 5.48. The predicted molar refractivity (Wildman–Crippen MR) is 80.0 cm³/mol. The molecule has 6 nitrogen and oxygen atoms in total. The molecular weight excluding hydrogens is 270 g/mol. The van der Waals surface area contributed by atoms with Gasteiger partial charge in [-0.3, -0.25) is 15.0 Å². The maximum Gasteiger partial charge on any atom is 0.311 e. The van der Waals surface area contributed by atoms with Crippen LogP contribution in [-0.4, -0.2) is 30.0 Å². The van der Waals surface area contributed by atoms with E-state index in [-0.39, 0.29) is 11.4 Å². The summed E-state index contributed by atoms with van der Waals surface area (Å²) >= 11 is 0. The monoisotopic (exact) mass is 291 g/mol. The number of methoxy groups -OCH3 is 1. The van der Waals surface area contributed by atoms with Crippen molar-refractivity contribution in [3.8, 4) is 11.8 Å². The second-order valence-electron chi connectivity index (χ2n) is 5.30. The molecule has 0 aliphatic heterocycles. The number of nitriles is 1. The van der Waals surface area contributed by atoms with Gasteiger partial charge in [-0.05, 0) is 17.5 Å². The summed E-state index contributed by atoms with van der Waals surface area (Å²) in [5.41, 5.74) is 0.820. The fraction of sp³-hybridized carbons (Fsp3) is 0.533. The number of nitrogens with zero attached hydrogens (tertiary/aromatic N) is 3. The zero-order valence-corrected chi connectivity index (χ0v) is 12.7. The lowest BCUT2D eigenvalue weighted by molar-refractivity contribution is -0.385. The van der Waals surface area contributed by atoms with Gasteiger partial charge in [0.05, 0.1) is 18.1 Å². The molecule has 0 spiro atoms. The van der Waals surface area contributed by atoms with Crippen molar-refractivity contribution in [2.45, 2.75) is 26.8 Å². The Morgan fingerprint density at radius 2 is 2.19 bits per heavy atom. The number of rotatable bonds is 8. The van der Waals surface area contributed by atoms with Gasteiger partial charge in [0.15, 0.2) is 5.75 Å². The van der Waals surface area contributed by atoms with Crippen LogP contribution in [-0.2, 0) is 6.54 Å². The number of nitro benzene ring substituents is 1. The van der Waals surface area contributed by atoms with Crippen molar-refractivity contribution in [1.29, 1.82) is 5.26 Å². The summed E-state index contributed by atoms with van der Waals surface area (Å²) in [5, 5.41) is 19.8. The molecule has 0 aliphatic rings. The van der Waals surface area contributed by atoms with Gasteiger partial charge in [-0.25, -0.2) is 0 Å². The van der Waals surface area contributed by atoms with Crippen LogP contribution in [0.3, 0.4) is 0 Å². The number of nitro groups is 1. The average Bonchev–Trinajstić information content (AvgIpc) is 2.44. The predicted octanol–water partition coefficient (Wildman–Crippen LogP) is 2.98. The molecule has 0 aromatic heterocycles. The quantitative estimate of drug-likeness (QED) is 0.543. The molecule has 21 heavy (non-hydrogen) atoms. The Morgan fingerprint density at radius 1 is 1.48 bits per heavy atom. The molecule has 0 atom stereocenters. The van der Waals surface area contributed by atoms with E-state index in [0.29, 0.717) is 25.4 Å². The molecule has 0 heterocycles. The molecule has 0 bridgehead atoms. The first-order valence-electron chi connectivity index (χ1n) is 6.88. The molecule has 0 saturated heterocycles. The Bertz CT molecular complexity index is 523. The lowest BCUT2D eigenvalue weighted by atomic mass is 10.1. The molecule has 0 saturated carbocycles. The van der Waals surface area contributed by atoms with E-state index in [1.54, 1.807) is 12.1 Å². The van der Waals surface area contributed by atoms with Crippen LogP contribution in [0.2, 0.25) is 0 Å². The Balaban J connectivity index is 2.90. The maximum absolute atomic E-state index is 11.0. The van der Waals surface area contributed by atoms with Gasteiger partial charge in [0, 0.05) is 32.1 Å². The van der Waals surface area contributed by atoms with Gasteiger partial charge in [-0.15, -0.1) is 0 Å². The highest BCUT2D eigenvalue weighted by Crippen LogP contribution is 2.28. The fourth-order valence-corrected chi connectivity index (χ4v) is 2.19. The van der Waals surface area contributed by atoms with E-state index in [4.69, 9.17) is 10.00 Å². The molecule has 1 aromatic rings. The van der Waals surface area contributed by atoms with Crippen LogP contribution in [0.1, 0.15) is 25.8 Å². The van der Waals surface area contributed by atoms with E-state index in [0.717, 1.165) is 12.1 Å². The van der Waals surface area contributed by atoms with Crippen molar-refractivity contribution in [2.24, 2.45) is 5.92 Å². The first-order chi connectivity index (χ1) is 9.97. The van der Waals surface area contributed by atoms with Gasteiger partial charge in [0.25, 0.3) is 0 Å². The molecule has 0 radical (unpaired) electrons. The first kappa shape index (κ1) is 16.9. The second-order valence-corrected chi connectivity index (χ2v) is 5.30. The van der Waals surface area contributed by atoms with E-state index >= 15 is 0 Å². The van der Waals surface area contributed by atoms with Gasteiger partial charge in [0.1, 0.15) is 0 Å². The minimum atomic E-state index is -0.440. The third-order valence-corrected chi connectivity index (χ3v) is 3.01. The van der Waals surface area contributed by atoms with Gasteiger partial charge < -0.3 is 4.74 Å². The summed E-state index contributed by atoms with van der Waals surface area (Å²) in [6.07, 6.45) is 0.449. The van der Waals surface area contributed by atoms with Crippen molar-refractivity contribution >= 4 is 5.69 Å². The summed E-state index contributed by atoms with van der Waals surface area (Å²) in [6.45, 7) is 6.31. The molecule has 0 fully saturated rings. The molecule has 1 aromatic carbocycles. The van der Waals surface area contributed by atoms with Crippen LogP contribution in [0.15, 0.2) is 18.2 Å². The lowest BCUT2D eigenvalue weighted by Gasteiger charge is -2.23. The van der Waals surface area contributed by atoms with E-state index in [1.807, 2.05) is 6.07 Å². The summed E-state index contributed by atoms with van der Waals surface area (Å²) in [5.74, 6) is 0.730. The van der Waals surface area contributed by atoms with Crippen LogP contribution in [0.4, 0.5) is 5.69 Å². The molecular formula is C15H21N3O3. The van der Waals surface area contributed by atoms with E-state index in [9.17, 15) is 10.1 Å². The number of hydrogen-bond donors (Lipinski definition) is 0. The van der Waals surface area contributed by atoms with Gasteiger partial charge >= 0.3 is 5.69 Å². The van der Waals surface area contributed by atoms with E-state index < -0.39 is 4.92 Å². The normalized spacial score (nSPS) is 10.7. The molecule has 6 heteroatoms. The smallest absolute Gasteiger partial charge is 0.311 e. The zero-order chi connectivity index (χ0) is 15.8. The fourth-order valence-electron chi connectivity index (χ4n) is 2.19. The van der Waals surface area contributed by atoms with Gasteiger partial charge in [0.2, 0.25) is 0 Å². The van der Waals surface area contributed by atoms with Crippen molar-refractivity contribution in [3.05, 3.63) is 33.9 Å². The van der Waals surface area contributed by atoms with Crippen LogP contribution >= 0.6 is 0 Å². The van der Waals surface area contributed by atoms with Crippen LogP contribution in [0.5, 0.6) is 5.75 Å². The number of hydrogen-bond acceptors (Lipinski definition) is 5. The van der Waals surface area contributed by atoms with Gasteiger partial charge in [-0.2, -0.15) is 5.26 Å². The Morgan fingerprint density at radius 3 is 2.71 bits per heavy atom. The van der Waals surface area contributed by atoms with Crippen LogP contribution < -0.4 is 4.74 Å². The minimum absolute atomic E-state index is 0.0280. The molecule has 114 valence electrons. The lowest BCUT2D eigenvalue weighted by Crippen LogP contribution is -2.28. The molecule has 1 rings (SSSR count). The standard InChI is InChI=1S/C15H21N3O3/c1-12(2)10-17(8-4-7-16)11-13-5-6-15(21-3)14(9-13)18(19)20/h5-6,9,12H,4,8,10-11H2,1-3H3. The molecule has 0 aliphatic carbocycles. The van der Waals surface area contributed by atoms with E-state index in [2.05, 4.69) is 24.8 Å². The summed E-state index contributed by atoms with van der Waals surface area (Å²) in [7, 11) is 1.42. The van der Waals surface area contributed by atoms with Crippen molar-refractivity contribution in [3.63, 3.8) is 0 Å². The molecule has 0 N–H and O–H groups in total. The Kier molecular flexibility index (Phi) is 6.63. The summed E-state index contributed by atoms with van der Waals surface area (Å²) in [4.78, 5) is 12.7. The van der Waals surface area contributed by atoms with Crippen molar-refractivity contribution in [1.82, 2.24) is 4.90 Å². The second kappa shape index (κ2) is 8.22. The zero-order valence-electron chi connectivity index (χ0n) is 12.7. The summed E-state index contributed by atoms with van der Waals surface area (Å²) < 4.78 is 5.00. The van der Waals surface area contributed by atoms with E-state index in [1.165, 1.54) is 7.11 Å². The molecule has 0 unspecified atom stereocenters. The third-order valence-electron chi connectivity index (χ3n) is 3.01. The van der Waals surface area contributed by atoms with Crippen LogP contribution in [0, 0.1) is 27.4 Å². The Hall–Kier alpha value is -2.13. The average molecular weight is 291 g/mol. The third kappa shape index (κ3) is 5.40. The Labute approximate surface area is 125 Å². The SMILES string of the molecule is COc1ccc(CN(CCC#N)CC(C)C)cc1[N+](=O)[O-]. The molecule has 0 amide bonds. The minimum Gasteiger partial charge on any atom is -0.490 e.